The van der Waals surface area contributed by atoms with Crippen molar-refractivity contribution in [2.24, 2.45) is 0 Å². The Kier molecular flexibility index (Phi) is 7.35. The van der Waals surface area contributed by atoms with E-state index < -0.39 is 10.0 Å². The molecule has 0 atom stereocenters. The zero-order valence-corrected chi connectivity index (χ0v) is 16.4. The largest absolute Gasteiger partial charge is 0.490 e. The van der Waals surface area contributed by atoms with Crippen LogP contribution in [0.5, 0.6) is 5.75 Å². The van der Waals surface area contributed by atoms with Crippen LogP contribution in [0.1, 0.15) is 24.2 Å². The van der Waals surface area contributed by atoms with E-state index in [-0.39, 0.29) is 16.8 Å². The van der Waals surface area contributed by atoms with Gasteiger partial charge in [0.1, 0.15) is 12.4 Å². The lowest BCUT2D eigenvalue weighted by Crippen LogP contribution is -2.30. The molecular formula is C19H24N2O5S. The second-order valence-electron chi connectivity index (χ2n) is 6.09. The zero-order valence-electron chi connectivity index (χ0n) is 15.6. The van der Waals surface area contributed by atoms with Gasteiger partial charge in [-0.25, -0.2) is 13.1 Å². The maximum atomic E-state index is 12.5. The van der Waals surface area contributed by atoms with Crippen molar-refractivity contribution >= 4 is 21.6 Å². The third-order valence-electron chi connectivity index (χ3n) is 3.49. The van der Waals surface area contributed by atoms with Gasteiger partial charge in [-0.05, 0) is 50.2 Å². The Balaban J connectivity index is 2.11. The Morgan fingerprint density at radius 2 is 1.70 bits per heavy atom. The Labute approximate surface area is 159 Å². The minimum atomic E-state index is -3.57. The van der Waals surface area contributed by atoms with Crippen molar-refractivity contribution in [3.8, 4) is 5.75 Å². The molecule has 0 spiro atoms. The number of ether oxygens (including phenoxy) is 2. The van der Waals surface area contributed by atoms with Gasteiger partial charge >= 0.3 is 0 Å². The average molecular weight is 392 g/mol. The summed E-state index contributed by atoms with van der Waals surface area (Å²) >= 11 is 0. The van der Waals surface area contributed by atoms with Crippen LogP contribution >= 0.6 is 0 Å². The van der Waals surface area contributed by atoms with E-state index in [1.165, 1.54) is 12.1 Å². The first-order valence-corrected chi connectivity index (χ1v) is 9.96. The summed E-state index contributed by atoms with van der Waals surface area (Å²) in [5, 5.41) is 2.74. The number of carbonyl (C=O) groups excluding carboxylic acids is 1. The smallest absolute Gasteiger partial charge is 0.259 e. The topological polar surface area (TPSA) is 93.7 Å². The summed E-state index contributed by atoms with van der Waals surface area (Å²) in [5.41, 5.74) is 0.863. The van der Waals surface area contributed by atoms with Gasteiger partial charge in [0, 0.05) is 18.8 Å². The number of anilines is 1. The molecule has 7 nitrogen and oxygen atoms in total. The van der Waals surface area contributed by atoms with Gasteiger partial charge in [-0.2, -0.15) is 0 Å². The maximum Gasteiger partial charge on any atom is 0.259 e. The number of hydrogen-bond acceptors (Lipinski definition) is 5. The normalized spacial score (nSPS) is 11.4. The molecule has 2 aromatic rings. The predicted octanol–water partition coefficient (Wildman–Crippen LogP) is 2.65. The van der Waals surface area contributed by atoms with Gasteiger partial charge in [0.2, 0.25) is 10.0 Å². The number of rotatable bonds is 9. The summed E-state index contributed by atoms with van der Waals surface area (Å²) in [6.45, 7) is 4.24. The molecule has 0 aromatic heterocycles. The van der Waals surface area contributed by atoms with Crippen LogP contribution in [0.3, 0.4) is 0 Å². The molecule has 0 aliphatic heterocycles. The second kappa shape index (κ2) is 9.50. The third kappa shape index (κ3) is 6.06. The van der Waals surface area contributed by atoms with Crippen LogP contribution in [0.25, 0.3) is 0 Å². The van der Waals surface area contributed by atoms with Gasteiger partial charge < -0.3 is 14.8 Å². The summed E-state index contributed by atoms with van der Waals surface area (Å²) in [6.07, 6.45) is 0. The lowest BCUT2D eigenvalue weighted by atomic mass is 10.2. The van der Waals surface area contributed by atoms with Crippen LogP contribution in [0, 0.1) is 0 Å². The highest BCUT2D eigenvalue weighted by molar-refractivity contribution is 7.89. The Morgan fingerprint density at radius 3 is 2.33 bits per heavy atom. The molecule has 0 unspecified atom stereocenters. The van der Waals surface area contributed by atoms with Gasteiger partial charge in [0.15, 0.2) is 0 Å². The molecule has 0 saturated heterocycles. The molecule has 0 aliphatic carbocycles. The average Bonchev–Trinajstić information content (AvgIpc) is 2.62. The summed E-state index contributed by atoms with van der Waals surface area (Å²) in [6, 6.07) is 12.7. The molecule has 0 aliphatic rings. The number of amides is 1. The molecule has 0 radical (unpaired) electrons. The number of nitrogens with one attached hydrogen (secondary N) is 2. The summed E-state index contributed by atoms with van der Waals surface area (Å²) in [7, 11) is -2.00. The van der Waals surface area contributed by atoms with E-state index in [2.05, 4.69) is 10.0 Å². The number of sulfonamides is 1. The first-order valence-electron chi connectivity index (χ1n) is 8.48. The van der Waals surface area contributed by atoms with Gasteiger partial charge in [0.05, 0.1) is 17.1 Å². The number of hydrogen-bond donors (Lipinski definition) is 2. The lowest BCUT2D eigenvalue weighted by Gasteiger charge is -2.12. The highest BCUT2D eigenvalue weighted by Gasteiger charge is 2.16. The van der Waals surface area contributed by atoms with Crippen LogP contribution in [-0.4, -0.2) is 40.7 Å². The van der Waals surface area contributed by atoms with Gasteiger partial charge in [-0.3, -0.25) is 4.79 Å². The quantitative estimate of drug-likeness (QED) is 0.640. The number of benzene rings is 2. The fourth-order valence-corrected chi connectivity index (χ4v) is 3.56. The van der Waals surface area contributed by atoms with Crippen molar-refractivity contribution in [2.75, 3.05) is 25.6 Å². The number of para-hydroxylation sites is 1. The first kappa shape index (κ1) is 20.9. The van der Waals surface area contributed by atoms with Crippen molar-refractivity contribution < 1.29 is 22.7 Å². The molecule has 2 rings (SSSR count). The Hall–Kier alpha value is -2.42. The van der Waals surface area contributed by atoms with Crippen LogP contribution in [0.4, 0.5) is 5.69 Å². The summed E-state index contributed by atoms with van der Waals surface area (Å²) < 4.78 is 37.3. The third-order valence-corrected chi connectivity index (χ3v) is 5.16. The zero-order chi connectivity index (χ0) is 19.9. The molecule has 0 bridgehead atoms. The maximum absolute atomic E-state index is 12.5. The molecule has 146 valence electrons. The van der Waals surface area contributed by atoms with E-state index in [0.29, 0.717) is 30.2 Å². The standard InChI is InChI=1S/C19H24N2O5S/c1-14(2)21-27(23,24)16-10-8-15(9-11-16)20-19(22)17-6-4-5-7-18(17)26-13-12-25-3/h4-11,14,21H,12-13H2,1-3H3,(H,20,22). The van der Waals surface area contributed by atoms with E-state index in [4.69, 9.17) is 9.47 Å². The van der Waals surface area contributed by atoms with Gasteiger partial charge in [-0.1, -0.05) is 12.1 Å². The lowest BCUT2D eigenvalue weighted by molar-refractivity contribution is 0.101. The van der Waals surface area contributed by atoms with Crippen molar-refractivity contribution in [2.45, 2.75) is 24.8 Å². The molecule has 1 amide bonds. The van der Waals surface area contributed by atoms with Crippen LogP contribution in [0.2, 0.25) is 0 Å². The Bertz CT molecular complexity index is 864. The molecule has 8 heteroatoms. The van der Waals surface area contributed by atoms with Gasteiger partial charge in [0.25, 0.3) is 5.91 Å². The van der Waals surface area contributed by atoms with E-state index >= 15 is 0 Å². The minimum absolute atomic E-state index is 0.137. The fourth-order valence-electron chi connectivity index (χ4n) is 2.31. The van der Waals surface area contributed by atoms with E-state index in [0.717, 1.165) is 0 Å². The fraction of sp³-hybridized carbons (Fsp3) is 0.316. The molecular weight excluding hydrogens is 368 g/mol. The van der Waals surface area contributed by atoms with Crippen molar-refractivity contribution in [1.82, 2.24) is 4.72 Å². The Morgan fingerprint density at radius 1 is 1.04 bits per heavy atom. The molecule has 27 heavy (non-hydrogen) atoms. The van der Waals surface area contributed by atoms with Crippen LogP contribution < -0.4 is 14.8 Å². The second-order valence-corrected chi connectivity index (χ2v) is 7.81. The molecule has 0 saturated carbocycles. The summed E-state index contributed by atoms with van der Waals surface area (Å²) in [5.74, 6) is 0.103. The van der Waals surface area contributed by atoms with Crippen molar-refractivity contribution in [3.05, 3.63) is 54.1 Å². The molecule has 2 aromatic carbocycles. The van der Waals surface area contributed by atoms with E-state index in [1.807, 2.05) is 0 Å². The van der Waals surface area contributed by atoms with E-state index in [1.54, 1.807) is 57.4 Å². The SMILES string of the molecule is COCCOc1ccccc1C(=O)Nc1ccc(S(=O)(=O)NC(C)C)cc1. The van der Waals surface area contributed by atoms with Crippen molar-refractivity contribution in [1.29, 1.82) is 0 Å². The molecule has 2 N–H and O–H groups in total. The van der Waals surface area contributed by atoms with Crippen molar-refractivity contribution in [3.63, 3.8) is 0 Å². The summed E-state index contributed by atoms with van der Waals surface area (Å²) in [4.78, 5) is 12.7. The minimum Gasteiger partial charge on any atom is -0.490 e. The highest BCUT2D eigenvalue weighted by atomic mass is 32.2. The first-order chi connectivity index (χ1) is 12.8. The van der Waals surface area contributed by atoms with Crippen LogP contribution in [0.15, 0.2) is 53.4 Å². The highest BCUT2D eigenvalue weighted by Crippen LogP contribution is 2.20. The number of methoxy groups -OCH3 is 1. The number of carbonyl (C=O) groups is 1. The van der Waals surface area contributed by atoms with E-state index in [9.17, 15) is 13.2 Å². The van der Waals surface area contributed by atoms with Crippen LogP contribution in [-0.2, 0) is 14.8 Å². The van der Waals surface area contributed by atoms with Gasteiger partial charge in [-0.15, -0.1) is 0 Å². The predicted molar refractivity (Wildman–Crippen MR) is 104 cm³/mol. The molecule has 0 fully saturated rings. The monoisotopic (exact) mass is 392 g/mol. The molecule has 0 heterocycles.